The van der Waals surface area contributed by atoms with E-state index in [1.165, 1.54) is 0 Å². The molecule has 0 saturated carbocycles. The molecule has 1 heterocycles. The number of benzene rings is 3. The van der Waals surface area contributed by atoms with Crippen LogP contribution in [0.25, 0.3) is 10.9 Å². The van der Waals surface area contributed by atoms with E-state index in [2.05, 4.69) is 4.98 Å². The number of carbonyl (C=O) groups is 1. The minimum atomic E-state index is -0.201. The van der Waals surface area contributed by atoms with Gasteiger partial charge >= 0.3 is 0 Å². The SMILES string of the molecule is COc1ccc2[nH]c(=O)c(CN(Cc3ccc(C)cc3)C(=O)c3ccccc3)cc2c1. The molecule has 5 nitrogen and oxygen atoms in total. The van der Waals surface area contributed by atoms with E-state index in [1.54, 1.807) is 30.2 Å². The molecule has 4 aromatic rings. The Morgan fingerprint density at radius 2 is 1.68 bits per heavy atom. The second-order valence-electron chi connectivity index (χ2n) is 7.59. The van der Waals surface area contributed by atoms with Gasteiger partial charge in [0.05, 0.1) is 13.7 Å². The van der Waals surface area contributed by atoms with Crippen molar-refractivity contribution in [3.05, 3.63) is 111 Å². The Morgan fingerprint density at radius 3 is 2.39 bits per heavy atom. The van der Waals surface area contributed by atoms with Crippen molar-refractivity contribution in [3.8, 4) is 5.75 Å². The number of amides is 1. The summed E-state index contributed by atoms with van der Waals surface area (Å²) in [4.78, 5) is 30.7. The standard InChI is InChI=1S/C26H24N2O3/c1-18-8-10-19(11-9-18)16-28(26(30)20-6-4-3-5-7-20)17-22-14-21-15-23(31-2)12-13-24(21)27-25(22)29/h3-15H,16-17H2,1-2H3,(H,27,29). The second kappa shape index (κ2) is 8.88. The number of nitrogens with zero attached hydrogens (tertiary/aromatic N) is 1. The van der Waals surface area contributed by atoms with Crippen LogP contribution < -0.4 is 10.3 Å². The number of nitrogens with one attached hydrogen (secondary N) is 1. The van der Waals surface area contributed by atoms with Crippen LogP contribution in [0.2, 0.25) is 0 Å². The first-order valence-corrected chi connectivity index (χ1v) is 10.1. The Bertz CT molecular complexity index is 1260. The van der Waals surface area contributed by atoms with Crippen molar-refractivity contribution in [1.29, 1.82) is 0 Å². The number of aryl methyl sites for hydroxylation is 1. The third-order valence-electron chi connectivity index (χ3n) is 5.29. The van der Waals surface area contributed by atoms with Gasteiger partial charge in [-0.25, -0.2) is 0 Å². The summed E-state index contributed by atoms with van der Waals surface area (Å²) in [6.07, 6.45) is 0. The van der Waals surface area contributed by atoms with Crippen molar-refractivity contribution >= 4 is 16.8 Å². The number of methoxy groups -OCH3 is 1. The molecule has 0 atom stereocenters. The fraction of sp³-hybridized carbons (Fsp3) is 0.154. The molecule has 156 valence electrons. The number of H-pyrrole nitrogens is 1. The van der Waals surface area contributed by atoms with E-state index in [0.29, 0.717) is 23.4 Å². The lowest BCUT2D eigenvalue weighted by Gasteiger charge is -2.23. The molecular formula is C26H24N2O3. The van der Waals surface area contributed by atoms with Crippen LogP contribution in [0.1, 0.15) is 27.0 Å². The number of carbonyl (C=O) groups excluding carboxylic acids is 1. The highest BCUT2D eigenvalue weighted by Gasteiger charge is 2.18. The van der Waals surface area contributed by atoms with Gasteiger partial charge in [0.1, 0.15) is 5.75 Å². The van der Waals surface area contributed by atoms with Gasteiger partial charge in [-0.05, 0) is 48.9 Å². The molecule has 0 fully saturated rings. The van der Waals surface area contributed by atoms with Crippen LogP contribution in [-0.4, -0.2) is 22.9 Å². The van der Waals surface area contributed by atoms with Crippen LogP contribution in [0, 0.1) is 6.92 Å². The lowest BCUT2D eigenvalue weighted by atomic mass is 10.1. The normalized spacial score (nSPS) is 10.8. The van der Waals surface area contributed by atoms with Crippen LogP contribution in [0.4, 0.5) is 0 Å². The first-order chi connectivity index (χ1) is 15.0. The molecule has 0 aliphatic heterocycles. The van der Waals surface area contributed by atoms with E-state index in [-0.39, 0.29) is 18.0 Å². The van der Waals surface area contributed by atoms with Gasteiger partial charge in [-0.1, -0.05) is 48.0 Å². The van der Waals surface area contributed by atoms with Crippen molar-refractivity contribution in [3.63, 3.8) is 0 Å². The quantitative estimate of drug-likeness (QED) is 0.500. The molecule has 5 heteroatoms. The van der Waals surface area contributed by atoms with E-state index in [1.807, 2.05) is 67.6 Å². The third-order valence-corrected chi connectivity index (χ3v) is 5.29. The van der Waals surface area contributed by atoms with Crippen molar-refractivity contribution in [1.82, 2.24) is 9.88 Å². The highest BCUT2D eigenvalue weighted by atomic mass is 16.5. The number of aromatic nitrogens is 1. The minimum absolute atomic E-state index is 0.119. The molecule has 0 aliphatic carbocycles. The summed E-state index contributed by atoms with van der Waals surface area (Å²) >= 11 is 0. The number of hydrogen-bond donors (Lipinski definition) is 1. The zero-order chi connectivity index (χ0) is 21.8. The van der Waals surface area contributed by atoms with Gasteiger partial charge in [0, 0.05) is 28.6 Å². The van der Waals surface area contributed by atoms with E-state index in [0.717, 1.165) is 22.0 Å². The van der Waals surface area contributed by atoms with Gasteiger partial charge in [0.25, 0.3) is 11.5 Å². The molecule has 0 radical (unpaired) electrons. The summed E-state index contributed by atoms with van der Waals surface area (Å²) in [6.45, 7) is 2.63. The topological polar surface area (TPSA) is 62.4 Å². The molecule has 0 saturated heterocycles. The maximum absolute atomic E-state index is 13.3. The summed E-state index contributed by atoms with van der Waals surface area (Å²) in [5, 5.41) is 0.858. The van der Waals surface area contributed by atoms with Gasteiger partial charge in [-0.3, -0.25) is 9.59 Å². The molecule has 0 bridgehead atoms. The Kier molecular flexibility index (Phi) is 5.85. The zero-order valence-electron chi connectivity index (χ0n) is 17.6. The number of ether oxygens (including phenoxy) is 1. The fourth-order valence-electron chi connectivity index (χ4n) is 3.56. The van der Waals surface area contributed by atoms with Crippen molar-refractivity contribution in [2.75, 3.05) is 7.11 Å². The van der Waals surface area contributed by atoms with Gasteiger partial charge < -0.3 is 14.6 Å². The molecule has 1 N–H and O–H groups in total. The molecular weight excluding hydrogens is 388 g/mol. The van der Waals surface area contributed by atoms with E-state index in [9.17, 15) is 9.59 Å². The van der Waals surface area contributed by atoms with Crippen molar-refractivity contribution in [2.24, 2.45) is 0 Å². The number of fused-ring (bicyclic) bond motifs is 1. The number of hydrogen-bond acceptors (Lipinski definition) is 3. The smallest absolute Gasteiger partial charge is 0.254 e. The van der Waals surface area contributed by atoms with Crippen LogP contribution in [0.15, 0.2) is 83.7 Å². The maximum Gasteiger partial charge on any atom is 0.254 e. The molecule has 4 rings (SSSR count). The Labute approximate surface area is 180 Å². The zero-order valence-corrected chi connectivity index (χ0v) is 17.6. The molecule has 0 unspecified atom stereocenters. The number of pyridine rings is 1. The van der Waals surface area contributed by atoms with Crippen LogP contribution >= 0.6 is 0 Å². The molecule has 31 heavy (non-hydrogen) atoms. The summed E-state index contributed by atoms with van der Waals surface area (Å²) in [5.74, 6) is 0.591. The number of rotatable bonds is 6. The lowest BCUT2D eigenvalue weighted by Crippen LogP contribution is -2.32. The Balaban J connectivity index is 1.71. The molecule has 0 spiro atoms. The summed E-state index contributed by atoms with van der Waals surface area (Å²) in [7, 11) is 1.61. The van der Waals surface area contributed by atoms with E-state index in [4.69, 9.17) is 4.74 Å². The van der Waals surface area contributed by atoms with E-state index >= 15 is 0 Å². The van der Waals surface area contributed by atoms with Gasteiger partial charge in [-0.15, -0.1) is 0 Å². The lowest BCUT2D eigenvalue weighted by molar-refractivity contribution is 0.0729. The molecule has 3 aromatic carbocycles. The number of aromatic amines is 1. The van der Waals surface area contributed by atoms with Gasteiger partial charge in [-0.2, -0.15) is 0 Å². The molecule has 1 aromatic heterocycles. The highest BCUT2D eigenvalue weighted by Crippen LogP contribution is 2.20. The average molecular weight is 412 g/mol. The Hall–Kier alpha value is -3.86. The van der Waals surface area contributed by atoms with Gasteiger partial charge in [0.2, 0.25) is 0 Å². The predicted octanol–water partition coefficient (Wildman–Crippen LogP) is 4.69. The monoisotopic (exact) mass is 412 g/mol. The highest BCUT2D eigenvalue weighted by molar-refractivity contribution is 5.94. The van der Waals surface area contributed by atoms with Crippen LogP contribution in [0.5, 0.6) is 5.75 Å². The average Bonchev–Trinajstić information content (AvgIpc) is 2.80. The van der Waals surface area contributed by atoms with Gasteiger partial charge in [0.15, 0.2) is 0 Å². The van der Waals surface area contributed by atoms with Crippen LogP contribution in [0.3, 0.4) is 0 Å². The summed E-state index contributed by atoms with van der Waals surface area (Å²) in [6, 6.07) is 24.5. The van der Waals surface area contributed by atoms with Crippen molar-refractivity contribution < 1.29 is 9.53 Å². The summed E-state index contributed by atoms with van der Waals surface area (Å²) in [5.41, 5.74) is 3.81. The molecule has 0 aliphatic rings. The largest absolute Gasteiger partial charge is 0.497 e. The maximum atomic E-state index is 13.3. The van der Waals surface area contributed by atoms with Crippen molar-refractivity contribution in [2.45, 2.75) is 20.0 Å². The molecule has 1 amide bonds. The minimum Gasteiger partial charge on any atom is -0.497 e. The Morgan fingerprint density at radius 1 is 0.935 bits per heavy atom. The third kappa shape index (κ3) is 4.67. The first-order valence-electron chi connectivity index (χ1n) is 10.1. The summed E-state index contributed by atoms with van der Waals surface area (Å²) < 4.78 is 5.30. The fourth-order valence-corrected chi connectivity index (χ4v) is 3.56. The van der Waals surface area contributed by atoms with Crippen LogP contribution in [-0.2, 0) is 13.1 Å². The second-order valence-corrected chi connectivity index (χ2v) is 7.59. The first kappa shape index (κ1) is 20.4. The van der Waals surface area contributed by atoms with E-state index < -0.39 is 0 Å². The predicted molar refractivity (Wildman–Crippen MR) is 122 cm³/mol.